The zero-order valence-corrected chi connectivity index (χ0v) is 41.8. The summed E-state index contributed by atoms with van der Waals surface area (Å²) in [5.74, 6) is 0. The molecule has 30 N–H and O–H groups in total. The van der Waals surface area contributed by atoms with Crippen molar-refractivity contribution in [3.8, 4) is 0 Å². The van der Waals surface area contributed by atoms with Gasteiger partial charge < -0.3 is 99.2 Å². The summed E-state index contributed by atoms with van der Waals surface area (Å²) in [5, 5.41) is 25.8. The minimum absolute atomic E-state index is 0. The Labute approximate surface area is 444 Å². The minimum atomic E-state index is 0. The van der Waals surface area contributed by atoms with Crippen LogP contribution in [0.25, 0.3) is 80.9 Å². The third-order valence-corrected chi connectivity index (χ3v) is 9.71. The first-order valence-corrected chi connectivity index (χ1v) is 19.8. The van der Waals surface area contributed by atoms with E-state index >= 15 is 0 Å². The average molecular weight is 1110 g/mol. The number of nitrogens with two attached hydrogens (primary N) is 3. The molecule has 0 bridgehead atoms. The van der Waals surface area contributed by atoms with Gasteiger partial charge in [-0.3, -0.25) is 15.3 Å². The van der Waals surface area contributed by atoms with Crippen molar-refractivity contribution >= 4 is 135 Å². The Hall–Kier alpha value is -7.35. The second-order valence-electron chi connectivity index (χ2n) is 13.2. The first-order chi connectivity index (χ1) is 29.3. The Morgan fingerprint density at radius 3 is 0.603 bits per heavy atom. The van der Waals surface area contributed by atoms with E-state index in [1.165, 1.54) is 32.3 Å². The average Bonchev–Trinajstić information content (AvgIpc) is 3.26. The van der Waals surface area contributed by atoms with Crippen LogP contribution in [0, 0.1) is 0 Å². The number of rotatable bonds is 6. The van der Waals surface area contributed by atoms with Crippen LogP contribution in [-0.4, -0.2) is 99.7 Å². The van der Waals surface area contributed by atoms with Gasteiger partial charge in [0, 0.05) is 50.7 Å². The molecule has 0 aromatic heterocycles. The normalized spacial score (nSPS) is 9.21. The summed E-state index contributed by atoms with van der Waals surface area (Å²) in [7, 11) is 0. The molecule has 25 heteroatoms. The summed E-state index contributed by atoms with van der Waals surface area (Å²) < 4.78 is 0. The molecule has 0 aliphatic carbocycles. The summed E-state index contributed by atoms with van der Waals surface area (Å²) in [5.41, 5.74) is 30.2. The van der Waals surface area contributed by atoms with Gasteiger partial charge in [0.05, 0.1) is 0 Å². The molecule has 0 spiro atoms. The molecule has 0 unspecified atom stereocenters. The van der Waals surface area contributed by atoms with Crippen molar-refractivity contribution in [1.29, 1.82) is 0 Å². The molecule has 9 rings (SSSR count). The Morgan fingerprint density at radius 2 is 0.452 bits per heavy atom. The molecule has 9 aromatic carbocycles. The first kappa shape index (κ1) is 79.8. The van der Waals surface area contributed by atoms with E-state index < -0.39 is 0 Å². The van der Waals surface area contributed by atoms with Crippen molar-refractivity contribution in [3.05, 3.63) is 197 Å². The number of hydrogen-bond acceptors (Lipinski definition) is 6. The summed E-state index contributed by atoms with van der Waals surface area (Å²) in [6.45, 7) is 0. The second-order valence-corrected chi connectivity index (χ2v) is 14.5. The van der Waals surface area contributed by atoms with Gasteiger partial charge in [-0.2, -0.15) is 0 Å². The second kappa shape index (κ2) is 38.3. The topological polar surface area (TPSA) is 535 Å². The van der Waals surface area contributed by atoms with E-state index in [1.807, 2.05) is 72.8 Å². The van der Waals surface area contributed by atoms with Crippen LogP contribution >= 0.6 is 36.7 Å². The third-order valence-electron chi connectivity index (χ3n) is 9.47. The van der Waals surface area contributed by atoms with Crippen LogP contribution in [0.15, 0.2) is 179 Å². The number of benzene rings is 9. The Morgan fingerprint density at radius 1 is 0.301 bits per heavy atom. The monoisotopic (exact) mass is 1110 g/mol. The molecule has 73 heavy (non-hydrogen) atoms. The molecule has 0 radical (unpaired) electrons. The molecule has 0 heterocycles. The standard InChI is InChI=1S/3C16H13N3S.Co.12H2O/c3*17-16(20)19-18-10-15-13-7-3-1-5-11(13)9-12-6-2-4-8-14(12)15;;;;;;;;;;;;;/h3*1-10H,(H3,17,19,20);;12*1H2/q;;;+3;;;;;;;;;;;;/p-3/b3*18-10-;;;;;;;;;;;;;. The fraction of sp³-hybridized carbons (Fsp3) is 0. The van der Waals surface area contributed by atoms with Crippen LogP contribution in [0.5, 0.6) is 0 Å². The smallest absolute Gasteiger partial charge is 0.485 e. The molecular weight excluding hydrogens is 1050 g/mol. The molecule has 0 atom stereocenters. The predicted octanol–water partition coefficient (Wildman–Crippen LogP) is 1.93. The van der Waals surface area contributed by atoms with Gasteiger partial charge in [0.1, 0.15) is 0 Å². The van der Waals surface area contributed by atoms with Gasteiger partial charge in [0.25, 0.3) is 0 Å². The van der Waals surface area contributed by atoms with Gasteiger partial charge in [-0.15, -0.1) is 0 Å². The minimum Gasteiger partial charge on any atom is -0.485 e. The van der Waals surface area contributed by atoms with Crippen LogP contribution in [0.3, 0.4) is 0 Å². The van der Waals surface area contributed by atoms with E-state index in [2.05, 4.69) is 123 Å². The quantitative estimate of drug-likeness (QED) is 0.0966. The van der Waals surface area contributed by atoms with Crippen molar-refractivity contribution in [1.82, 2.24) is 0 Å². The first-order valence-electron chi connectivity index (χ1n) is 18.6. The van der Waals surface area contributed by atoms with Crippen LogP contribution in [-0.2, 0) is 16.8 Å². The zero-order chi connectivity index (χ0) is 41.8. The number of hydrogen-bond donors (Lipinski definition) is 3. The fourth-order valence-corrected chi connectivity index (χ4v) is 7.14. The molecule has 0 fully saturated rings. The van der Waals surface area contributed by atoms with E-state index in [9.17, 15) is 0 Å². The molecule has 21 nitrogen and oxygen atoms in total. The molecule has 0 aliphatic heterocycles. The molecule has 0 saturated carbocycles. The van der Waals surface area contributed by atoms with E-state index in [0.717, 1.165) is 49.0 Å². The van der Waals surface area contributed by atoms with Crippen LogP contribution in [0.4, 0.5) is 0 Å². The van der Waals surface area contributed by atoms with Gasteiger partial charge in [-0.1, -0.05) is 182 Å². The fourth-order valence-electron chi connectivity index (χ4n) is 6.99. The van der Waals surface area contributed by atoms with Crippen molar-refractivity contribution in [2.45, 2.75) is 0 Å². The van der Waals surface area contributed by atoms with E-state index in [0.29, 0.717) is 0 Å². The maximum atomic E-state index is 5.33. The zero-order valence-electron chi connectivity index (χ0n) is 38.3. The molecule has 0 amide bonds. The molecular formula is C48H60CoN9O12S3. The van der Waals surface area contributed by atoms with Crippen LogP contribution in [0.2, 0.25) is 0 Å². The van der Waals surface area contributed by atoms with Crippen LogP contribution in [0.1, 0.15) is 16.7 Å². The van der Waals surface area contributed by atoms with Gasteiger partial charge in [0.15, 0.2) is 0 Å². The Bertz CT molecular complexity index is 2700. The molecule has 396 valence electrons. The van der Waals surface area contributed by atoms with Gasteiger partial charge in [-0.25, -0.2) is 0 Å². The van der Waals surface area contributed by atoms with E-state index in [4.69, 9.17) is 53.9 Å². The van der Waals surface area contributed by atoms with Crippen molar-refractivity contribution < 1.29 is 82.5 Å². The van der Waals surface area contributed by atoms with E-state index in [-0.39, 0.29) is 97.8 Å². The number of nitrogens with zero attached hydrogens (tertiary/aromatic N) is 6. The maximum Gasteiger partial charge on any atom is 3.00 e. The third kappa shape index (κ3) is 20.0. The summed E-state index contributed by atoms with van der Waals surface area (Å²) in [4.78, 5) is 0. The van der Waals surface area contributed by atoms with Gasteiger partial charge >= 0.3 is 16.8 Å². The summed E-state index contributed by atoms with van der Waals surface area (Å²) in [6, 6.07) is 55.7. The SMILES string of the molecule is NC(=S)[N-]/N=C\c1c2ccccc2cc2ccccc12.NC(=S)[N-]/N=C\c1c2ccccc2cc2ccccc12.NC(=S)[N-]/N=C\c1c2ccccc2cc2ccccc12.O.O.O.O.O.O.O.O.O.O.O.O.[Co+3]. The molecule has 0 aliphatic rings. The predicted molar refractivity (Wildman–Crippen MR) is 311 cm³/mol. The van der Waals surface area contributed by atoms with E-state index in [1.54, 1.807) is 18.6 Å². The summed E-state index contributed by atoms with van der Waals surface area (Å²) in [6.07, 6.45) is 5.14. The van der Waals surface area contributed by atoms with Crippen LogP contribution < -0.4 is 17.2 Å². The van der Waals surface area contributed by atoms with Crippen molar-refractivity contribution in [2.24, 2.45) is 32.5 Å². The van der Waals surface area contributed by atoms with Crippen molar-refractivity contribution in [2.75, 3.05) is 0 Å². The Balaban J connectivity index is -0.000000164. The van der Waals surface area contributed by atoms with Gasteiger partial charge in [0.2, 0.25) is 0 Å². The largest absolute Gasteiger partial charge is 3.00 e. The number of fused-ring (bicyclic) bond motifs is 6. The molecule has 0 saturated heterocycles. The molecule has 9 aromatic rings. The maximum absolute atomic E-state index is 5.33. The number of thiocarbonyl (C=S) groups is 3. The Kier molecular flexibility index (Phi) is 41.9. The summed E-state index contributed by atoms with van der Waals surface area (Å²) >= 11 is 14.1. The van der Waals surface area contributed by atoms with Crippen molar-refractivity contribution in [3.63, 3.8) is 0 Å². The van der Waals surface area contributed by atoms with Gasteiger partial charge in [-0.05, 0) is 82.8 Å².